The van der Waals surface area contributed by atoms with Gasteiger partial charge in [-0.05, 0) is 49.4 Å². The fourth-order valence-corrected chi connectivity index (χ4v) is 5.85. The summed E-state index contributed by atoms with van der Waals surface area (Å²) in [6, 6.07) is 10.6. The molecule has 2 aromatic rings. The van der Waals surface area contributed by atoms with Crippen molar-refractivity contribution < 1.29 is 19.6 Å². The van der Waals surface area contributed by atoms with Crippen molar-refractivity contribution in [3.63, 3.8) is 0 Å². The zero-order chi connectivity index (χ0) is 21.3. The molecule has 6 nitrogen and oxygen atoms in total. The number of fused-ring (bicyclic) bond motifs is 5. The van der Waals surface area contributed by atoms with Crippen LogP contribution in [0, 0.1) is 42.7 Å². The van der Waals surface area contributed by atoms with Gasteiger partial charge in [-0.25, -0.2) is 0 Å². The number of aliphatic hydroxyl groups excluding tert-OH is 1. The number of nitro benzene ring substituents is 1. The first-order valence-corrected chi connectivity index (χ1v) is 10.2. The molecule has 0 radical (unpaired) electrons. The van der Waals surface area contributed by atoms with Crippen molar-refractivity contribution in [1.29, 1.82) is 0 Å². The Labute approximate surface area is 174 Å². The summed E-state index contributed by atoms with van der Waals surface area (Å²) in [4.78, 5) is 23.9. The molecular formula is C24H23NO5. The first-order chi connectivity index (χ1) is 14.3. The summed E-state index contributed by atoms with van der Waals surface area (Å²) in [5.41, 5.74) is 5.38. The van der Waals surface area contributed by atoms with Gasteiger partial charge in [0.05, 0.1) is 34.5 Å². The molecule has 1 N–H and O–H groups in total. The van der Waals surface area contributed by atoms with Crippen LogP contribution in [0.15, 0.2) is 42.2 Å². The first-order valence-electron chi connectivity index (χ1n) is 10.2. The van der Waals surface area contributed by atoms with Gasteiger partial charge in [-0.2, -0.15) is 0 Å². The number of hydrogen-bond donors (Lipinski definition) is 1. The summed E-state index contributed by atoms with van der Waals surface area (Å²) >= 11 is 0. The van der Waals surface area contributed by atoms with Crippen LogP contribution in [-0.2, 0) is 9.53 Å². The Morgan fingerprint density at radius 1 is 1.07 bits per heavy atom. The molecule has 0 spiro atoms. The Hall–Kier alpha value is -2.99. The van der Waals surface area contributed by atoms with Gasteiger partial charge in [-0.1, -0.05) is 29.8 Å². The van der Waals surface area contributed by atoms with E-state index in [1.807, 2.05) is 32.9 Å². The maximum atomic E-state index is 13.4. The Bertz CT molecular complexity index is 1090. The number of non-ortho nitro benzene ring substituents is 1. The zero-order valence-electron chi connectivity index (χ0n) is 17.1. The van der Waals surface area contributed by atoms with E-state index in [1.54, 1.807) is 12.1 Å². The predicted octanol–water partition coefficient (Wildman–Crippen LogP) is 4.56. The number of benzene rings is 2. The second-order valence-corrected chi connectivity index (χ2v) is 8.78. The second kappa shape index (κ2) is 6.51. The van der Waals surface area contributed by atoms with E-state index in [2.05, 4.69) is 0 Å². The lowest BCUT2D eigenvalue weighted by Gasteiger charge is -2.27. The molecule has 0 unspecified atom stereocenters. The first kappa shape index (κ1) is 19.0. The van der Waals surface area contributed by atoms with Gasteiger partial charge in [-0.15, -0.1) is 0 Å². The number of rotatable bonds is 3. The third-order valence-corrected chi connectivity index (χ3v) is 6.94. The summed E-state index contributed by atoms with van der Waals surface area (Å²) in [5, 5.41) is 22.1. The van der Waals surface area contributed by atoms with E-state index in [9.17, 15) is 20.0 Å². The predicted molar refractivity (Wildman–Crippen MR) is 111 cm³/mol. The molecular weight excluding hydrogens is 382 g/mol. The summed E-state index contributed by atoms with van der Waals surface area (Å²) in [5.74, 6) is -0.584. The third kappa shape index (κ3) is 2.56. The fraction of sp³-hybridized carbons (Fsp3) is 0.375. The molecule has 0 aromatic heterocycles. The highest BCUT2D eigenvalue weighted by Gasteiger charge is 2.62. The van der Waals surface area contributed by atoms with E-state index in [-0.39, 0.29) is 47.2 Å². The van der Waals surface area contributed by atoms with Crippen molar-refractivity contribution in [3.8, 4) is 0 Å². The van der Waals surface area contributed by atoms with Gasteiger partial charge in [-0.3, -0.25) is 14.9 Å². The Morgan fingerprint density at radius 2 is 1.70 bits per heavy atom. The minimum absolute atomic E-state index is 0.00608. The summed E-state index contributed by atoms with van der Waals surface area (Å²) in [6.45, 7) is 5.97. The number of ketones is 1. The number of Topliss-reactive ketones (excluding diaryl/α,β-unsaturated/α-hetero) is 1. The monoisotopic (exact) mass is 405 g/mol. The molecule has 2 bridgehead atoms. The number of carbonyl (C=O) groups is 1. The van der Waals surface area contributed by atoms with Crippen molar-refractivity contribution >= 4 is 17.0 Å². The van der Waals surface area contributed by atoms with Crippen LogP contribution < -0.4 is 0 Å². The number of allylic oxidation sites excluding steroid dienone is 1. The van der Waals surface area contributed by atoms with E-state index >= 15 is 0 Å². The molecule has 3 aliphatic rings. The van der Waals surface area contributed by atoms with Crippen LogP contribution in [0.3, 0.4) is 0 Å². The number of hydrogen-bond acceptors (Lipinski definition) is 5. The highest BCUT2D eigenvalue weighted by atomic mass is 16.6. The standard InChI is InChI=1S/C24H23NO5/c1-11-8-12(2)18(13(3)9-11)20-22(26)19-17-10-16(24(30-17)21(19)23(20)27)14-4-6-15(7-5-14)25(28)29/h4-9,16-17,19,21,24,27H,10H2,1-3H3/t16-,17-,19-,21+,24+/m0/s1. The van der Waals surface area contributed by atoms with E-state index in [4.69, 9.17) is 4.74 Å². The van der Waals surface area contributed by atoms with Crippen LogP contribution in [0.25, 0.3) is 5.57 Å². The number of nitro groups is 1. The van der Waals surface area contributed by atoms with Gasteiger partial charge in [0.25, 0.3) is 5.69 Å². The smallest absolute Gasteiger partial charge is 0.269 e. The Balaban J connectivity index is 1.53. The highest BCUT2D eigenvalue weighted by molar-refractivity contribution is 6.26. The van der Waals surface area contributed by atoms with Gasteiger partial charge >= 0.3 is 0 Å². The summed E-state index contributed by atoms with van der Waals surface area (Å²) in [7, 11) is 0. The van der Waals surface area contributed by atoms with Crippen LogP contribution >= 0.6 is 0 Å². The van der Waals surface area contributed by atoms with Crippen molar-refractivity contribution in [2.45, 2.75) is 45.3 Å². The maximum Gasteiger partial charge on any atom is 0.269 e. The number of aryl methyl sites for hydroxylation is 3. The molecule has 5 rings (SSSR count). The van der Waals surface area contributed by atoms with E-state index in [0.29, 0.717) is 12.0 Å². The van der Waals surface area contributed by atoms with Crippen LogP contribution in [0.2, 0.25) is 0 Å². The normalized spacial score (nSPS) is 29.6. The molecule has 30 heavy (non-hydrogen) atoms. The van der Waals surface area contributed by atoms with Crippen molar-refractivity contribution in [1.82, 2.24) is 0 Å². The average molecular weight is 405 g/mol. The lowest BCUT2D eigenvalue weighted by molar-refractivity contribution is -0.384. The maximum absolute atomic E-state index is 13.4. The lowest BCUT2D eigenvalue weighted by Crippen LogP contribution is -2.33. The number of carbonyl (C=O) groups excluding carboxylic acids is 1. The molecule has 2 aliphatic heterocycles. The van der Waals surface area contributed by atoms with Crippen LogP contribution in [0.4, 0.5) is 5.69 Å². The summed E-state index contributed by atoms with van der Waals surface area (Å²) in [6.07, 6.45) is 0.148. The zero-order valence-corrected chi connectivity index (χ0v) is 17.1. The fourth-order valence-electron chi connectivity index (χ4n) is 5.85. The van der Waals surface area contributed by atoms with Crippen LogP contribution in [0.5, 0.6) is 0 Å². The van der Waals surface area contributed by atoms with Gasteiger partial charge < -0.3 is 9.84 Å². The van der Waals surface area contributed by atoms with E-state index in [1.165, 1.54) is 12.1 Å². The molecule has 2 aromatic carbocycles. The highest BCUT2D eigenvalue weighted by Crippen LogP contribution is 2.58. The largest absolute Gasteiger partial charge is 0.511 e. The molecule has 2 heterocycles. The number of nitrogens with zero attached hydrogens (tertiary/aromatic N) is 1. The quantitative estimate of drug-likeness (QED) is 0.597. The van der Waals surface area contributed by atoms with Crippen LogP contribution in [0.1, 0.15) is 40.2 Å². The van der Waals surface area contributed by atoms with Crippen molar-refractivity contribution in [3.05, 3.63) is 80.1 Å². The molecule has 5 atom stereocenters. The number of aliphatic hydroxyl groups is 1. The summed E-state index contributed by atoms with van der Waals surface area (Å²) < 4.78 is 6.14. The molecule has 1 aliphatic carbocycles. The van der Waals surface area contributed by atoms with Crippen molar-refractivity contribution in [2.24, 2.45) is 11.8 Å². The minimum atomic E-state index is -0.417. The minimum Gasteiger partial charge on any atom is -0.511 e. The topological polar surface area (TPSA) is 89.7 Å². The number of ether oxygens (including phenoxy) is 1. The van der Waals surface area contributed by atoms with E-state index < -0.39 is 4.92 Å². The van der Waals surface area contributed by atoms with Gasteiger partial charge in [0.15, 0.2) is 5.78 Å². The Kier molecular flexibility index (Phi) is 4.12. The van der Waals surface area contributed by atoms with E-state index in [0.717, 1.165) is 27.8 Å². The SMILES string of the molecule is Cc1cc(C)c(C2=C(O)[C@@H]3[C@@H]4O[C@@H](C[C@H]4c4ccc([N+](=O)[O-])cc4)[C@@H]3C2=O)c(C)c1. The van der Waals surface area contributed by atoms with Gasteiger partial charge in [0.2, 0.25) is 0 Å². The molecule has 0 amide bonds. The molecule has 2 fully saturated rings. The lowest BCUT2D eigenvalue weighted by atomic mass is 9.72. The molecule has 2 saturated heterocycles. The average Bonchev–Trinajstić information content (AvgIpc) is 3.34. The second-order valence-electron chi connectivity index (χ2n) is 8.78. The van der Waals surface area contributed by atoms with Crippen LogP contribution in [-0.4, -0.2) is 28.0 Å². The van der Waals surface area contributed by atoms with Crippen molar-refractivity contribution in [2.75, 3.05) is 0 Å². The Morgan fingerprint density at radius 3 is 2.30 bits per heavy atom. The van der Waals surface area contributed by atoms with Gasteiger partial charge in [0, 0.05) is 18.1 Å². The molecule has 6 heteroatoms. The molecule has 154 valence electrons. The third-order valence-electron chi connectivity index (χ3n) is 6.94. The van der Waals surface area contributed by atoms with Gasteiger partial charge in [0.1, 0.15) is 5.76 Å². The molecule has 0 saturated carbocycles.